The predicted octanol–water partition coefficient (Wildman–Crippen LogP) is 6.44. The van der Waals surface area contributed by atoms with Gasteiger partial charge >= 0.3 is 0 Å². The summed E-state index contributed by atoms with van der Waals surface area (Å²) in [4.78, 5) is 8.81. The smallest absolute Gasteiger partial charge is 0.127 e. The summed E-state index contributed by atoms with van der Waals surface area (Å²) < 4.78 is 2.03. The predicted molar refractivity (Wildman–Crippen MR) is 127 cm³/mol. The summed E-state index contributed by atoms with van der Waals surface area (Å²) in [5, 5.41) is 15.0. The van der Waals surface area contributed by atoms with Crippen molar-refractivity contribution in [1.82, 2.24) is 14.5 Å². The Morgan fingerprint density at radius 1 is 1.06 bits per heavy atom. The van der Waals surface area contributed by atoms with E-state index in [0.29, 0.717) is 27.1 Å². The number of anilines is 1. The van der Waals surface area contributed by atoms with Crippen LogP contribution in [-0.2, 0) is 6.54 Å². The van der Waals surface area contributed by atoms with Crippen molar-refractivity contribution in [2.24, 2.45) is 0 Å². The Balaban J connectivity index is 1.69. The highest BCUT2D eigenvalue weighted by molar-refractivity contribution is 6.39. The van der Waals surface area contributed by atoms with Gasteiger partial charge in [0, 0.05) is 46.7 Å². The molecule has 2 aromatic heterocycles. The number of halogens is 2. The van der Waals surface area contributed by atoms with Crippen LogP contribution in [0.5, 0.6) is 5.75 Å². The van der Waals surface area contributed by atoms with Crippen molar-refractivity contribution in [3.05, 3.63) is 82.9 Å². The Morgan fingerprint density at radius 3 is 2.61 bits per heavy atom. The summed E-state index contributed by atoms with van der Waals surface area (Å²) in [6.07, 6.45) is 6.42. The Hall–Kier alpha value is -3.02. The third kappa shape index (κ3) is 5.01. The van der Waals surface area contributed by atoms with E-state index in [0.717, 1.165) is 36.2 Å². The Kier molecular flexibility index (Phi) is 6.44. The van der Waals surface area contributed by atoms with Gasteiger partial charge in [0.25, 0.3) is 0 Å². The number of benzene rings is 2. The van der Waals surface area contributed by atoms with E-state index in [1.807, 2.05) is 60.2 Å². The number of phenols is 1. The van der Waals surface area contributed by atoms with Gasteiger partial charge in [-0.3, -0.25) is 0 Å². The third-order valence-electron chi connectivity index (χ3n) is 4.96. The molecule has 2 aromatic carbocycles. The molecular weight excluding hydrogens is 431 g/mol. The molecule has 31 heavy (non-hydrogen) atoms. The molecule has 0 aliphatic rings. The van der Waals surface area contributed by atoms with Crippen molar-refractivity contribution in [2.75, 3.05) is 11.9 Å². The van der Waals surface area contributed by atoms with Gasteiger partial charge in [0.05, 0.1) is 12.0 Å². The minimum Gasteiger partial charge on any atom is -0.507 e. The summed E-state index contributed by atoms with van der Waals surface area (Å²) in [7, 11) is 0. The molecule has 4 rings (SSSR count). The van der Waals surface area contributed by atoms with Gasteiger partial charge < -0.3 is 15.0 Å². The first-order valence-electron chi connectivity index (χ1n) is 9.97. The molecule has 5 nitrogen and oxygen atoms in total. The number of hydrogen-bond acceptors (Lipinski definition) is 4. The van der Waals surface area contributed by atoms with Crippen molar-refractivity contribution in [3.8, 4) is 28.1 Å². The maximum Gasteiger partial charge on any atom is 0.127 e. The van der Waals surface area contributed by atoms with Gasteiger partial charge in [-0.15, -0.1) is 0 Å². The molecule has 0 atom stereocenters. The number of nitrogens with one attached hydrogen (secondary N) is 1. The first-order valence-corrected chi connectivity index (χ1v) is 10.7. The highest BCUT2D eigenvalue weighted by Gasteiger charge is 2.14. The molecule has 4 aromatic rings. The first kappa shape index (κ1) is 21.2. The summed E-state index contributed by atoms with van der Waals surface area (Å²) in [5.41, 5.74) is 3.91. The molecule has 0 saturated carbocycles. The van der Waals surface area contributed by atoms with Gasteiger partial charge in [0.15, 0.2) is 0 Å². The molecule has 0 aliphatic heterocycles. The monoisotopic (exact) mass is 452 g/mol. The van der Waals surface area contributed by atoms with E-state index in [2.05, 4.69) is 10.3 Å². The molecule has 2 heterocycles. The number of pyridine rings is 1. The fourth-order valence-corrected chi connectivity index (χ4v) is 4.04. The zero-order chi connectivity index (χ0) is 21.8. The third-order valence-corrected chi connectivity index (χ3v) is 5.59. The molecule has 0 amide bonds. The summed E-state index contributed by atoms with van der Waals surface area (Å²) >= 11 is 12.9. The van der Waals surface area contributed by atoms with Crippen LogP contribution >= 0.6 is 23.2 Å². The lowest BCUT2D eigenvalue weighted by Crippen LogP contribution is -2.07. The minimum atomic E-state index is 0.173. The number of phenolic OH excluding ortho intramolecular Hbond substituents is 1. The second-order valence-electron chi connectivity index (χ2n) is 7.32. The van der Waals surface area contributed by atoms with Gasteiger partial charge in [-0.1, -0.05) is 40.9 Å². The lowest BCUT2D eigenvalue weighted by atomic mass is 10.0. The van der Waals surface area contributed by atoms with Gasteiger partial charge in [0.2, 0.25) is 0 Å². The highest BCUT2D eigenvalue weighted by atomic mass is 35.5. The molecule has 0 saturated heterocycles. The number of rotatable bonds is 7. The SMILES string of the molecule is Cc1ccc(O)c(-c2cc(-c3c(Cl)cccc3Cl)cc(NCCCn3ccnc3)n2)c1. The molecule has 0 unspecified atom stereocenters. The van der Waals surface area contributed by atoms with Gasteiger partial charge in [-0.2, -0.15) is 0 Å². The minimum absolute atomic E-state index is 0.173. The van der Waals surface area contributed by atoms with E-state index in [9.17, 15) is 5.11 Å². The zero-order valence-corrected chi connectivity index (χ0v) is 18.5. The molecule has 0 radical (unpaired) electrons. The number of aromatic hydroxyl groups is 1. The van der Waals surface area contributed by atoms with Crippen LogP contribution < -0.4 is 5.32 Å². The Bertz CT molecular complexity index is 1170. The zero-order valence-electron chi connectivity index (χ0n) is 17.0. The van der Waals surface area contributed by atoms with E-state index in [4.69, 9.17) is 28.2 Å². The lowest BCUT2D eigenvalue weighted by molar-refractivity contribution is 0.477. The van der Waals surface area contributed by atoms with E-state index < -0.39 is 0 Å². The van der Waals surface area contributed by atoms with Crippen molar-refractivity contribution >= 4 is 29.0 Å². The van der Waals surface area contributed by atoms with Crippen LogP contribution in [0, 0.1) is 6.92 Å². The van der Waals surface area contributed by atoms with Crippen molar-refractivity contribution in [1.29, 1.82) is 0 Å². The standard InChI is InChI=1S/C24H22Cl2N4O/c1-16-6-7-22(31)18(12-16)21-13-17(24-19(25)4-2-5-20(24)26)14-23(29-21)28-8-3-10-30-11-9-27-15-30/h2,4-7,9,11-15,31H,3,8,10H2,1H3,(H,28,29). The van der Waals surface area contributed by atoms with Crippen LogP contribution in [0.3, 0.4) is 0 Å². The molecule has 0 aliphatic carbocycles. The second kappa shape index (κ2) is 9.41. The van der Waals surface area contributed by atoms with Gasteiger partial charge in [-0.05, 0) is 55.3 Å². The maximum absolute atomic E-state index is 10.4. The van der Waals surface area contributed by atoms with Crippen LogP contribution in [0.4, 0.5) is 5.82 Å². The topological polar surface area (TPSA) is 63.0 Å². The fraction of sp³-hybridized carbons (Fsp3) is 0.167. The lowest BCUT2D eigenvalue weighted by Gasteiger charge is -2.14. The van der Waals surface area contributed by atoms with E-state index in [1.165, 1.54) is 0 Å². The number of imidazole rings is 1. The number of aryl methyl sites for hydroxylation is 2. The highest BCUT2D eigenvalue weighted by Crippen LogP contribution is 2.38. The second-order valence-corrected chi connectivity index (χ2v) is 8.14. The average molecular weight is 453 g/mol. The van der Waals surface area contributed by atoms with Crippen LogP contribution in [0.1, 0.15) is 12.0 Å². The average Bonchev–Trinajstić information content (AvgIpc) is 3.26. The quantitative estimate of drug-likeness (QED) is 0.317. The Morgan fingerprint density at radius 2 is 1.87 bits per heavy atom. The van der Waals surface area contributed by atoms with E-state index in [1.54, 1.807) is 18.6 Å². The van der Waals surface area contributed by atoms with E-state index in [-0.39, 0.29) is 5.75 Å². The first-order chi connectivity index (χ1) is 15.0. The van der Waals surface area contributed by atoms with Gasteiger partial charge in [-0.25, -0.2) is 9.97 Å². The fourth-order valence-electron chi connectivity index (χ4n) is 3.43. The summed E-state index contributed by atoms with van der Waals surface area (Å²) in [6.45, 7) is 3.56. The number of hydrogen-bond donors (Lipinski definition) is 2. The molecule has 0 fully saturated rings. The van der Waals surface area contributed by atoms with Crippen molar-refractivity contribution in [3.63, 3.8) is 0 Å². The van der Waals surface area contributed by atoms with Crippen molar-refractivity contribution < 1.29 is 5.11 Å². The molecule has 2 N–H and O–H groups in total. The van der Waals surface area contributed by atoms with Gasteiger partial charge in [0.1, 0.15) is 11.6 Å². The summed E-state index contributed by atoms with van der Waals surface area (Å²) in [5.74, 6) is 0.863. The van der Waals surface area contributed by atoms with E-state index >= 15 is 0 Å². The maximum atomic E-state index is 10.4. The molecule has 158 valence electrons. The normalized spacial score (nSPS) is 10.9. The molecular formula is C24H22Cl2N4O. The van der Waals surface area contributed by atoms with Crippen LogP contribution in [-0.4, -0.2) is 26.2 Å². The number of aromatic nitrogens is 3. The largest absolute Gasteiger partial charge is 0.507 e. The molecule has 7 heteroatoms. The van der Waals surface area contributed by atoms with Crippen molar-refractivity contribution in [2.45, 2.75) is 19.9 Å². The molecule has 0 bridgehead atoms. The van der Waals surface area contributed by atoms with Crippen LogP contribution in [0.25, 0.3) is 22.4 Å². The summed E-state index contributed by atoms with van der Waals surface area (Å²) in [6, 6.07) is 14.7. The van der Waals surface area contributed by atoms with Crippen LogP contribution in [0.15, 0.2) is 67.3 Å². The molecule has 0 spiro atoms. The van der Waals surface area contributed by atoms with Crippen LogP contribution in [0.2, 0.25) is 10.0 Å². The Labute approximate surface area is 191 Å². The number of nitrogens with zero attached hydrogens (tertiary/aromatic N) is 3.